The van der Waals surface area contributed by atoms with Crippen molar-refractivity contribution < 1.29 is 8.42 Å². The van der Waals surface area contributed by atoms with E-state index < -0.39 is 9.84 Å². The number of hydrogen-bond donors (Lipinski definition) is 1. The van der Waals surface area contributed by atoms with Crippen LogP contribution < -0.4 is 5.32 Å². The first-order valence-corrected chi connectivity index (χ1v) is 9.07. The first-order valence-electron chi connectivity index (χ1n) is 6.03. The van der Waals surface area contributed by atoms with Crippen molar-refractivity contribution in [3.63, 3.8) is 0 Å². The van der Waals surface area contributed by atoms with Crippen molar-refractivity contribution in [2.24, 2.45) is 0 Å². The van der Waals surface area contributed by atoms with Crippen molar-refractivity contribution in [1.82, 2.24) is 5.32 Å². The molecule has 1 N–H and O–H groups in total. The third-order valence-corrected chi connectivity index (χ3v) is 5.02. The molecule has 6 heteroatoms. The van der Waals surface area contributed by atoms with Crippen LogP contribution in [0.15, 0.2) is 29.2 Å². The third-order valence-electron chi connectivity index (χ3n) is 2.59. The third kappa shape index (κ3) is 5.64. The minimum absolute atomic E-state index is 0.0815. The molecule has 0 aliphatic heterocycles. The minimum atomic E-state index is -3.26. The Kier molecular flexibility index (Phi) is 6.92. The molecule has 1 aromatic rings. The van der Waals surface area contributed by atoms with E-state index in [4.69, 9.17) is 5.26 Å². The van der Waals surface area contributed by atoms with Gasteiger partial charge in [-0.25, -0.2) is 8.42 Å². The lowest BCUT2D eigenvalue weighted by atomic mass is 10.2. The zero-order chi connectivity index (χ0) is 14.1. The SMILES string of the molecule is CSCCCNCCS(=O)(=O)c1ccc(C#N)cc1. The molecular formula is C13H18N2O2S2. The maximum atomic E-state index is 12.0. The molecule has 0 aromatic heterocycles. The Morgan fingerprint density at radius 1 is 1.26 bits per heavy atom. The molecule has 0 aliphatic carbocycles. The Hall–Kier alpha value is -1.03. The lowest BCUT2D eigenvalue weighted by molar-refractivity contribution is 0.590. The molecule has 104 valence electrons. The molecule has 0 fully saturated rings. The standard InChI is InChI=1S/C13H18N2O2S2/c1-18-9-2-7-15-8-10-19(16,17)13-5-3-12(11-14)4-6-13/h3-6,15H,2,7-10H2,1H3. The summed E-state index contributed by atoms with van der Waals surface area (Å²) in [5.41, 5.74) is 0.467. The van der Waals surface area contributed by atoms with Gasteiger partial charge >= 0.3 is 0 Å². The monoisotopic (exact) mass is 298 g/mol. The van der Waals surface area contributed by atoms with Crippen molar-refractivity contribution in [3.05, 3.63) is 29.8 Å². The van der Waals surface area contributed by atoms with E-state index in [2.05, 4.69) is 11.6 Å². The van der Waals surface area contributed by atoms with E-state index in [1.165, 1.54) is 24.3 Å². The first kappa shape index (κ1) is 16.0. The van der Waals surface area contributed by atoms with Gasteiger partial charge in [0.1, 0.15) is 0 Å². The molecule has 0 saturated carbocycles. The number of thioether (sulfide) groups is 1. The van der Waals surface area contributed by atoms with Gasteiger partial charge in [0, 0.05) is 6.54 Å². The summed E-state index contributed by atoms with van der Waals surface area (Å²) in [6.07, 6.45) is 3.09. The fourth-order valence-corrected chi connectivity index (χ4v) is 3.16. The summed E-state index contributed by atoms with van der Waals surface area (Å²) in [7, 11) is -3.26. The van der Waals surface area contributed by atoms with Crippen molar-refractivity contribution in [2.45, 2.75) is 11.3 Å². The van der Waals surface area contributed by atoms with E-state index >= 15 is 0 Å². The molecule has 0 aliphatic rings. The molecule has 0 radical (unpaired) electrons. The van der Waals surface area contributed by atoms with E-state index in [0.717, 1.165) is 18.7 Å². The minimum Gasteiger partial charge on any atom is -0.316 e. The Labute approximate surface area is 119 Å². The summed E-state index contributed by atoms with van der Waals surface area (Å²) in [6.45, 7) is 1.29. The van der Waals surface area contributed by atoms with Crippen molar-refractivity contribution in [2.75, 3.05) is 30.9 Å². The van der Waals surface area contributed by atoms with Crippen LogP contribution in [0.2, 0.25) is 0 Å². The number of rotatable bonds is 8. The second-order valence-electron chi connectivity index (χ2n) is 4.05. The van der Waals surface area contributed by atoms with Crippen LogP contribution in [-0.2, 0) is 9.84 Å². The van der Waals surface area contributed by atoms with Crippen LogP contribution in [0, 0.1) is 11.3 Å². The lowest BCUT2D eigenvalue weighted by Gasteiger charge is -2.06. The maximum absolute atomic E-state index is 12.0. The van der Waals surface area contributed by atoms with Gasteiger partial charge in [0.05, 0.1) is 22.3 Å². The number of benzene rings is 1. The molecule has 0 bridgehead atoms. The first-order chi connectivity index (χ1) is 9.10. The van der Waals surface area contributed by atoms with Crippen LogP contribution in [0.3, 0.4) is 0 Å². The molecule has 0 heterocycles. The number of hydrogen-bond acceptors (Lipinski definition) is 5. The normalized spacial score (nSPS) is 11.2. The zero-order valence-electron chi connectivity index (χ0n) is 10.9. The highest BCUT2D eigenvalue weighted by Gasteiger charge is 2.13. The predicted molar refractivity (Wildman–Crippen MR) is 79.1 cm³/mol. The second kappa shape index (κ2) is 8.20. The maximum Gasteiger partial charge on any atom is 0.179 e. The highest BCUT2D eigenvalue weighted by atomic mass is 32.2. The van der Waals surface area contributed by atoms with Crippen LogP contribution in [-0.4, -0.2) is 39.3 Å². The van der Waals surface area contributed by atoms with Crippen LogP contribution in [0.1, 0.15) is 12.0 Å². The lowest BCUT2D eigenvalue weighted by Crippen LogP contribution is -2.24. The molecule has 1 aromatic carbocycles. The van der Waals surface area contributed by atoms with Gasteiger partial charge in [0.2, 0.25) is 0 Å². The van der Waals surface area contributed by atoms with Gasteiger partial charge in [-0.15, -0.1) is 0 Å². The molecule has 4 nitrogen and oxygen atoms in total. The molecule has 0 unspecified atom stereocenters. The van der Waals surface area contributed by atoms with Gasteiger partial charge in [-0.2, -0.15) is 17.0 Å². The van der Waals surface area contributed by atoms with E-state index in [9.17, 15) is 8.42 Å². The van der Waals surface area contributed by atoms with Gasteiger partial charge < -0.3 is 5.32 Å². The van der Waals surface area contributed by atoms with Gasteiger partial charge in [-0.05, 0) is 49.2 Å². The number of nitrogens with one attached hydrogen (secondary N) is 1. The van der Waals surface area contributed by atoms with E-state index in [-0.39, 0.29) is 10.6 Å². The number of nitrogens with zero attached hydrogens (tertiary/aromatic N) is 1. The van der Waals surface area contributed by atoms with Gasteiger partial charge in [-0.3, -0.25) is 0 Å². The fourth-order valence-electron chi connectivity index (χ4n) is 1.53. The number of nitriles is 1. The summed E-state index contributed by atoms with van der Waals surface area (Å²) in [5.74, 6) is 1.16. The van der Waals surface area contributed by atoms with Crippen molar-refractivity contribution in [3.8, 4) is 6.07 Å². The van der Waals surface area contributed by atoms with Gasteiger partial charge in [0.15, 0.2) is 9.84 Å². The molecular weight excluding hydrogens is 280 g/mol. The second-order valence-corrected chi connectivity index (χ2v) is 7.15. The molecule has 0 spiro atoms. The largest absolute Gasteiger partial charge is 0.316 e. The average Bonchev–Trinajstić information content (AvgIpc) is 2.43. The van der Waals surface area contributed by atoms with Crippen molar-refractivity contribution in [1.29, 1.82) is 5.26 Å². The van der Waals surface area contributed by atoms with E-state index in [0.29, 0.717) is 12.1 Å². The highest BCUT2D eigenvalue weighted by Crippen LogP contribution is 2.11. The summed E-state index contributed by atoms with van der Waals surface area (Å²) >= 11 is 1.78. The summed E-state index contributed by atoms with van der Waals surface area (Å²) < 4.78 is 24.0. The Bertz CT molecular complexity index is 519. The topological polar surface area (TPSA) is 70.0 Å². The van der Waals surface area contributed by atoms with Crippen molar-refractivity contribution >= 4 is 21.6 Å². The fraction of sp³-hybridized carbons (Fsp3) is 0.462. The molecule has 19 heavy (non-hydrogen) atoms. The summed E-state index contributed by atoms with van der Waals surface area (Å²) in [6, 6.07) is 8.00. The smallest absolute Gasteiger partial charge is 0.179 e. The Morgan fingerprint density at radius 2 is 1.95 bits per heavy atom. The van der Waals surface area contributed by atoms with Crippen LogP contribution in [0.4, 0.5) is 0 Å². The van der Waals surface area contributed by atoms with E-state index in [1.54, 1.807) is 11.8 Å². The Balaban J connectivity index is 2.45. The van der Waals surface area contributed by atoms with Gasteiger partial charge in [0.25, 0.3) is 0 Å². The predicted octanol–water partition coefficient (Wildman–Crippen LogP) is 1.67. The molecule has 0 amide bonds. The van der Waals surface area contributed by atoms with Gasteiger partial charge in [-0.1, -0.05) is 0 Å². The van der Waals surface area contributed by atoms with Crippen LogP contribution in [0.25, 0.3) is 0 Å². The summed E-state index contributed by atoms with van der Waals surface area (Å²) in [4.78, 5) is 0.275. The van der Waals surface area contributed by atoms with Crippen LogP contribution in [0.5, 0.6) is 0 Å². The van der Waals surface area contributed by atoms with Crippen LogP contribution >= 0.6 is 11.8 Å². The zero-order valence-corrected chi connectivity index (χ0v) is 12.6. The number of sulfone groups is 1. The van der Waals surface area contributed by atoms with E-state index in [1.807, 2.05) is 6.07 Å². The average molecular weight is 298 g/mol. The summed E-state index contributed by atoms with van der Waals surface area (Å²) in [5, 5.41) is 11.8. The highest BCUT2D eigenvalue weighted by molar-refractivity contribution is 7.98. The molecule has 0 saturated heterocycles. The molecule has 1 rings (SSSR count). The quantitative estimate of drug-likeness (QED) is 0.739. The Morgan fingerprint density at radius 3 is 2.53 bits per heavy atom. The molecule has 0 atom stereocenters.